The van der Waals surface area contributed by atoms with Gasteiger partial charge in [0.1, 0.15) is 0 Å². The van der Waals surface area contributed by atoms with Gasteiger partial charge in [-0.1, -0.05) is 0 Å². The zero-order chi connectivity index (χ0) is 13.9. The summed E-state index contributed by atoms with van der Waals surface area (Å²) in [5.74, 6) is -1.37. The van der Waals surface area contributed by atoms with E-state index in [1.165, 1.54) is 13.8 Å². The number of pyridine rings is 1. The fourth-order valence-corrected chi connectivity index (χ4v) is 1.15. The first-order valence-electron chi connectivity index (χ1n) is 5.05. The molecule has 0 radical (unpaired) electrons. The second-order valence-electron chi connectivity index (χ2n) is 4.32. The molecule has 0 saturated heterocycles. The Hall–Kier alpha value is -2.22. The van der Waals surface area contributed by atoms with Crippen LogP contribution in [0.1, 0.15) is 24.2 Å². The Kier molecular flexibility index (Phi) is 3.82. The SMILES string of the molecule is CC(C)(O)CNc1ncc(C(=O)O)cc1[N+](=O)[O-]. The number of aliphatic hydroxyl groups is 1. The largest absolute Gasteiger partial charge is 0.478 e. The normalized spacial score (nSPS) is 11.1. The van der Waals surface area contributed by atoms with Crippen LogP contribution in [-0.2, 0) is 0 Å². The molecule has 3 N–H and O–H groups in total. The van der Waals surface area contributed by atoms with Crippen LogP contribution in [0, 0.1) is 10.1 Å². The van der Waals surface area contributed by atoms with Gasteiger partial charge >= 0.3 is 11.7 Å². The van der Waals surface area contributed by atoms with Crippen LogP contribution in [0.25, 0.3) is 0 Å². The molecule has 0 aliphatic carbocycles. The topological polar surface area (TPSA) is 126 Å². The average molecular weight is 255 g/mol. The number of nitrogens with zero attached hydrogens (tertiary/aromatic N) is 2. The maximum absolute atomic E-state index is 10.8. The van der Waals surface area contributed by atoms with Gasteiger partial charge in [0, 0.05) is 18.8 Å². The Morgan fingerprint density at radius 2 is 2.22 bits per heavy atom. The summed E-state index contributed by atoms with van der Waals surface area (Å²) in [4.78, 5) is 24.4. The molecule has 18 heavy (non-hydrogen) atoms. The number of hydrogen-bond donors (Lipinski definition) is 3. The van der Waals surface area contributed by atoms with E-state index in [1.807, 2.05) is 0 Å². The molecule has 0 unspecified atom stereocenters. The molecule has 0 saturated carbocycles. The highest BCUT2D eigenvalue weighted by Crippen LogP contribution is 2.23. The standard InChI is InChI=1S/C10H13N3O5/c1-10(2,16)5-12-8-7(13(17)18)3-6(4-11-8)9(14)15/h3-4,16H,5H2,1-2H3,(H,11,12)(H,14,15). The van der Waals surface area contributed by atoms with E-state index in [4.69, 9.17) is 5.11 Å². The fraction of sp³-hybridized carbons (Fsp3) is 0.400. The molecule has 0 atom stereocenters. The van der Waals surface area contributed by atoms with Crippen LogP contribution in [0.4, 0.5) is 11.5 Å². The molecule has 1 heterocycles. The lowest BCUT2D eigenvalue weighted by molar-refractivity contribution is -0.384. The second kappa shape index (κ2) is 4.96. The number of rotatable bonds is 5. The minimum Gasteiger partial charge on any atom is -0.478 e. The predicted octanol–water partition coefficient (Wildman–Crippen LogP) is 0.871. The van der Waals surface area contributed by atoms with Crippen LogP contribution < -0.4 is 5.32 Å². The summed E-state index contributed by atoms with van der Waals surface area (Å²) in [5, 5.41) is 31.6. The zero-order valence-corrected chi connectivity index (χ0v) is 9.88. The highest BCUT2D eigenvalue weighted by Gasteiger charge is 2.21. The first-order valence-corrected chi connectivity index (χ1v) is 5.05. The minimum atomic E-state index is -1.29. The molecule has 0 bridgehead atoms. The van der Waals surface area contributed by atoms with E-state index in [2.05, 4.69) is 10.3 Å². The van der Waals surface area contributed by atoms with Crippen molar-refractivity contribution in [2.45, 2.75) is 19.4 Å². The summed E-state index contributed by atoms with van der Waals surface area (Å²) in [7, 11) is 0. The van der Waals surface area contributed by atoms with E-state index < -0.39 is 22.2 Å². The van der Waals surface area contributed by atoms with Gasteiger partial charge in [0.25, 0.3) is 0 Å². The summed E-state index contributed by atoms with van der Waals surface area (Å²) >= 11 is 0. The Labute approximate surface area is 102 Å². The molecule has 0 spiro atoms. The van der Waals surface area contributed by atoms with E-state index in [0.29, 0.717) is 0 Å². The van der Waals surface area contributed by atoms with Crippen molar-refractivity contribution in [1.29, 1.82) is 0 Å². The highest BCUT2D eigenvalue weighted by atomic mass is 16.6. The number of nitrogens with one attached hydrogen (secondary N) is 1. The van der Waals surface area contributed by atoms with E-state index in [0.717, 1.165) is 12.3 Å². The second-order valence-corrected chi connectivity index (χ2v) is 4.32. The lowest BCUT2D eigenvalue weighted by Crippen LogP contribution is -2.29. The van der Waals surface area contributed by atoms with Crippen molar-refractivity contribution in [3.05, 3.63) is 27.9 Å². The molecule has 1 aromatic rings. The quantitative estimate of drug-likeness (QED) is 0.526. The summed E-state index contributed by atoms with van der Waals surface area (Å²) in [6.45, 7) is 3.10. The Balaban J connectivity index is 3.05. The molecule has 0 aliphatic heterocycles. The van der Waals surface area contributed by atoms with Crippen LogP contribution in [0.2, 0.25) is 0 Å². The molecule has 8 heteroatoms. The van der Waals surface area contributed by atoms with Crippen LogP contribution in [0.3, 0.4) is 0 Å². The van der Waals surface area contributed by atoms with Crippen molar-refractivity contribution in [2.75, 3.05) is 11.9 Å². The monoisotopic (exact) mass is 255 g/mol. The third-order valence-corrected chi connectivity index (χ3v) is 2.00. The van der Waals surface area contributed by atoms with Crippen molar-refractivity contribution < 1.29 is 19.9 Å². The summed E-state index contributed by atoms with van der Waals surface area (Å²) in [5.41, 5.74) is -1.78. The van der Waals surface area contributed by atoms with Crippen molar-refractivity contribution in [3.8, 4) is 0 Å². The Bertz CT molecular complexity index is 481. The Morgan fingerprint density at radius 3 is 2.67 bits per heavy atom. The molecule has 0 fully saturated rings. The van der Waals surface area contributed by atoms with Gasteiger partial charge in [-0.25, -0.2) is 9.78 Å². The summed E-state index contributed by atoms with van der Waals surface area (Å²) in [6, 6.07) is 0.919. The number of anilines is 1. The van der Waals surface area contributed by atoms with Gasteiger partial charge < -0.3 is 15.5 Å². The third-order valence-electron chi connectivity index (χ3n) is 2.00. The van der Waals surface area contributed by atoms with Gasteiger partial charge in [-0.2, -0.15) is 0 Å². The maximum Gasteiger partial charge on any atom is 0.337 e. The number of carbonyl (C=O) groups is 1. The number of aromatic nitrogens is 1. The molecule has 1 aromatic heterocycles. The van der Waals surface area contributed by atoms with Gasteiger partial charge in [0.15, 0.2) is 0 Å². The van der Waals surface area contributed by atoms with Gasteiger partial charge in [-0.15, -0.1) is 0 Å². The van der Waals surface area contributed by atoms with E-state index in [1.54, 1.807) is 0 Å². The third kappa shape index (κ3) is 3.67. The Morgan fingerprint density at radius 1 is 1.61 bits per heavy atom. The van der Waals surface area contributed by atoms with Crippen LogP contribution in [0.5, 0.6) is 0 Å². The lowest BCUT2D eigenvalue weighted by atomic mass is 10.1. The van der Waals surface area contributed by atoms with Crippen molar-refractivity contribution in [1.82, 2.24) is 4.98 Å². The van der Waals surface area contributed by atoms with Gasteiger partial charge in [0.05, 0.1) is 16.1 Å². The minimum absolute atomic E-state index is 0.0489. The summed E-state index contributed by atoms with van der Waals surface area (Å²) < 4.78 is 0. The molecule has 0 aromatic carbocycles. The van der Waals surface area contributed by atoms with Crippen LogP contribution >= 0.6 is 0 Å². The molecule has 0 amide bonds. The average Bonchev–Trinajstić information content (AvgIpc) is 2.24. The number of carboxylic acid groups (broad SMARTS) is 1. The number of hydrogen-bond acceptors (Lipinski definition) is 6. The summed E-state index contributed by atoms with van der Waals surface area (Å²) in [6.07, 6.45) is 1.02. The van der Waals surface area contributed by atoms with Crippen molar-refractivity contribution in [3.63, 3.8) is 0 Å². The zero-order valence-electron chi connectivity index (χ0n) is 9.88. The molecule has 8 nitrogen and oxygen atoms in total. The van der Waals surface area contributed by atoms with Crippen LogP contribution in [-0.4, -0.2) is 38.2 Å². The smallest absolute Gasteiger partial charge is 0.337 e. The number of aromatic carboxylic acids is 1. The van der Waals surface area contributed by atoms with Gasteiger partial charge in [-0.3, -0.25) is 10.1 Å². The van der Waals surface area contributed by atoms with Crippen LogP contribution in [0.15, 0.2) is 12.3 Å². The van der Waals surface area contributed by atoms with E-state index in [-0.39, 0.29) is 17.9 Å². The lowest BCUT2D eigenvalue weighted by Gasteiger charge is -2.17. The number of carboxylic acids is 1. The van der Waals surface area contributed by atoms with Crippen molar-refractivity contribution in [2.24, 2.45) is 0 Å². The molecule has 1 rings (SSSR count). The first kappa shape index (κ1) is 13.8. The molecular formula is C10H13N3O5. The molecule has 0 aliphatic rings. The predicted molar refractivity (Wildman–Crippen MR) is 62.6 cm³/mol. The van der Waals surface area contributed by atoms with E-state index in [9.17, 15) is 20.0 Å². The fourth-order valence-electron chi connectivity index (χ4n) is 1.15. The maximum atomic E-state index is 10.8. The van der Waals surface area contributed by atoms with Gasteiger partial charge in [-0.05, 0) is 13.8 Å². The van der Waals surface area contributed by atoms with E-state index >= 15 is 0 Å². The number of nitro groups is 1. The van der Waals surface area contributed by atoms with Gasteiger partial charge in [0.2, 0.25) is 5.82 Å². The highest BCUT2D eigenvalue weighted by molar-refractivity contribution is 5.88. The molecular weight excluding hydrogens is 242 g/mol. The van der Waals surface area contributed by atoms with Crippen molar-refractivity contribution >= 4 is 17.5 Å². The first-order chi connectivity index (χ1) is 8.20. The molecule has 98 valence electrons.